The van der Waals surface area contributed by atoms with Gasteiger partial charge in [0.25, 0.3) is 0 Å². The summed E-state index contributed by atoms with van der Waals surface area (Å²) < 4.78 is 2.82. The molecule has 0 saturated heterocycles. The van der Waals surface area contributed by atoms with E-state index in [0.717, 1.165) is 52.7 Å². The van der Waals surface area contributed by atoms with E-state index in [9.17, 15) is 5.11 Å². The van der Waals surface area contributed by atoms with E-state index >= 15 is 0 Å². The number of hydrogen-bond acceptors (Lipinski definition) is 5. The smallest absolute Gasteiger partial charge is 0.130 e. The highest BCUT2D eigenvalue weighted by atomic mass is 79.9. The Labute approximate surface area is 160 Å². The summed E-state index contributed by atoms with van der Waals surface area (Å²) >= 11 is 3.58. The Kier molecular flexibility index (Phi) is 4.82. The molecule has 0 aromatic carbocycles. The number of rotatable bonds is 6. The Morgan fingerprint density at radius 1 is 1.23 bits per heavy atom. The third-order valence-electron chi connectivity index (χ3n) is 5.04. The van der Waals surface area contributed by atoms with Crippen LogP contribution in [0.3, 0.4) is 0 Å². The van der Waals surface area contributed by atoms with Gasteiger partial charge in [-0.25, -0.2) is 4.52 Å². The minimum Gasteiger partial charge on any atom is -0.394 e. The molecule has 26 heavy (non-hydrogen) atoms. The maximum atomic E-state index is 9.92. The number of anilines is 2. The number of halogens is 1. The average molecular weight is 416 g/mol. The van der Waals surface area contributed by atoms with E-state index in [0.29, 0.717) is 6.54 Å². The van der Waals surface area contributed by atoms with Gasteiger partial charge in [-0.3, -0.25) is 4.98 Å². The second kappa shape index (κ2) is 7.25. The number of nitrogens with one attached hydrogen (secondary N) is 2. The van der Waals surface area contributed by atoms with Crippen LogP contribution in [0.25, 0.3) is 5.52 Å². The summed E-state index contributed by atoms with van der Waals surface area (Å²) in [5, 5.41) is 21.4. The van der Waals surface area contributed by atoms with Crippen LogP contribution in [0.1, 0.15) is 31.2 Å². The lowest BCUT2D eigenvalue weighted by atomic mass is 9.98. The number of fused-ring (bicyclic) bond motifs is 1. The van der Waals surface area contributed by atoms with Crippen LogP contribution in [0, 0.1) is 0 Å². The van der Waals surface area contributed by atoms with Crippen LogP contribution < -0.4 is 10.6 Å². The fourth-order valence-electron chi connectivity index (χ4n) is 3.63. The molecule has 4 rings (SSSR count). The van der Waals surface area contributed by atoms with Gasteiger partial charge in [-0.15, -0.1) is 0 Å². The summed E-state index contributed by atoms with van der Waals surface area (Å²) in [5.74, 6) is 0.894. The molecule has 3 aromatic rings. The van der Waals surface area contributed by atoms with Crippen LogP contribution >= 0.6 is 15.9 Å². The fourth-order valence-corrected chi connectivity index (χ4v) is 4.01. The molecule has 0 aliphatic heterocycles. The van der Waals surface area contributed by atoms with Gasteiger partial charge in [0.1, 0.15) is 5.82 Å². The maximum absolute atomic E-state index is 9.92. The first-order chi connectivity index (χ1) is 12.7. The van der Waals surface area contributed by atoms with Crippen LogP contribution in [0.15, 0.2) is 47.3 Å². The molecule has 0 unspecified atom stereocenters. The minimum absolute atomic E-state index is 0.150. The van der Waals surface area contributed by atoms with Gasteiger partial charge in [0.15, 0.2) is 0 Å². The van der Waals surface area contributed by atoms with E-state index in [1.165, 1.54) is 0 Å². The first-order valence-corrected chi connectivity index (χ1v) is 9.68. The zero-order valence-corrected chi connectivity index (χ0v) is 16.0. The van der Waals surface area contributed by atoms with Gasteiger partial charge in [0.2, 0.25) is 0 Å². The summed E-state index contributed by atoms with van der Waals surface area (Å²) in [7, 11) is 0. The topological polar surface area (TPSA) is 74.5 Å². The molecule has 0 amide bonds. The lowest BCUT2D eigenvalue weighted by molar-refractivity contribution is 0.214. The lowest BCUT2D eigenvalue weighted by Gasteiger charge is -2.29. The van der Waals surface area contributed by atoms with E-state index in [-0.39, 0.29) is 12.1 Å². The van der Waals surface area contributed by atoms with Crippen molar-refractivity contribution in [1.82, 2.24) is 14.6 Å². The molecule has 3 aromatic heterocycles. The second-order valence-corrected chi connectivity index (χ2v) is 7.76. The molecule has 1 saturated carbocycles. The molecular weight excluding hydrogens is 394 g/mol. The van der Waals surface area contributed by atoms with Crippen molar-refractivity contribution in [2.75, 3.05) is 17.2 Å². The Balaban J connectivity index is 1.65. The van der Waals surface area contributed by atoms with Gasteiger partial charge in [-0.1, -0.05) is 18.9 Å². The molecule has 0 atom stereocenters. The summed E-state index contributed by atoms with van der Waals surface area (Å²) in [6.45, 7) is 0.812. The number of aliphatic hydroxyl groups is 1. The van der Waals surface area contributed by atoms with Crippen LogP contribution in [-0.4, -0.2) is 31.9 Å². The summed E-state index contributed by atoms with van der Waals surface area (Å²) in [5.41, 5.74) is 2.86. The van der Waals surface area contributed by atoms with Crippen LogP contribution in [-0.2, 0) is 6.54 Å². The first-order valence-electron chi connectivity index (χ1n) is 8.88. The Morgan fingerprint density at radius 2 is 2.08 bits per heavy atom. The lowest BCUT2D eigenvalue weighted by Crippen LogP contribution is -2.39. The maximum Gasteiger partial charge on any atom is 0.130 e. The molecule has 0 bridgehead atoms. The molecule has 3 N–H and O–H groups in total. The van der Waals surface area contributed by atoms with Gasteiger partial charge in [-0.2, -0.15) is 5.10 Å². The third kappa shape index (κ3) is 3.41. The molecule has 1 aliphatic carbocycles. The SMILES string of the molecule is OCC1(Nc2cc(NCc3cccnc3)n3ncc(Br)c3c2)CCCC1. The van der Waals surface area contributed by atoms with Crippen molar-refractivity contribution in [2.24, 2.45) is 0 Å². The van der Waals surface area contributed by atoms with Crippen LogP contribution in [0.2, 0.25) is 0 Å². The van der Waals surface area contributed by atoms with E-state index in [4.69, 9.17) is 0 Å². The van der Waals surface area contributed by atoms with Crippen molar-refractivity contribution < 1.29 is 5.11 Å². The molecule has 0 spiro atoms. The van der Waals surface area contributed by atoms with Crippen molar-refractivity contribution in [1.29, 1.82) is 0 Å². The summed E-state index contributed by atoms with van der Waals surface area (Å²) in [6.07, 6.45) is 9.71. The third-order valence-corrected chi connectivity index (χ3v) is 5.65. The average Bonchev–Trinajstić information content (AvgIpc) is 3.29. The Morgan fingerprint density at radius 3 is 2.81 bits per heavy atom. The molecule has 1 aliphatic rings. The van der Waals surface area contributed by atoms with Crippen LogP contribution in [0.4, 0.5) is 11.5 Å². The van der Waals surface area contributed by atoms with Crippen LogP contribution in [0.5, 0.6) is 0 Å². The van der Waals surface area contributed by atoms with Gasteiger partial charge in [-0.05, 0) is 46.5 Å². The van der Waals surface area contributed by atoms with E-state index in [1.807, 2.05) is 22.8 Å². The predicted molar refractivity (Wildman–Crippen MR) is 106 cm³/mol. The van der Waals surface area contributed by atoms with E-state index < -0.39 is 0 Å². The largest absolute Gasteiger partial charge is 0.394 e. The molecular formula is C19H22BrN5O. The highest BCUT2D eigenvalue weighted by Crippen LogP contribution is 2.34. The molecule has 6 nitrogen and oxygen atoms in total. The number of nitrogens with zero attached hydrogens (tertiary/aromatic N) is 3. The van der Waals surface area contributed by atoms with Gasteiger partial charge in [0.05, 0.1) is 28.3 Å². The second-order valence-electron chi connectivity index (χ2n) is 6.90. The highest BCUT2D eigenvalue weighted by Gasteiger charge is 2.33. The number of aromatic nitrogens is 3. The van der Waals surface area contributed by atoms with Crippen molar-refractivity contribution in [3.05, 3.63) is 52.9 Å². The quantitative estimate of drug-likeness (QED) is 0.570. The molecule has 1 fully saturated rings. The van der Waals surface area contributed by atoms with E-state index in [2.05, 4.69) is 48.8 Å². The molecule has 3 heterocycles. The van der Waals surface area contributed by atoms with Crippen molar-refractivity contribution in [2.45, 2.75) is 37.8 Å². The number of aliphatic hydroxyl groups excluding tert-OH is 1. The predicted octanol–water partition coefficient (Wildman–Crippen LogP) is 3.82. The monoisotopic (exact) mass is 415 g/mol. The molecule has 7 heteroatoms. The van der Waals surface area contributed by atoms with E-state index in [1.54, 1.807) is 12.4 Å². The summed E-state index contributed by atoms with van der Waals surface area (Å²) in [4.78, 5) is 4.16. The minimum atomic E-state index is -0.217. The van der Waals surface area contributed by atoms with Gasteiger partial charge < -0.3 is 15.7 Å². The number of pyridine rings is 2. The van der Waals surface area contributed by atoms with Gasteiger partial charge >= 0.3 is 0 Å². The van der Waals surface area contributed by atoms with Crippen molar-refractivity contribution >= 4 is 33.0 Å². The zero-order valence-electron chi connectivity index (χ0n) is 14.5. The Hall–Kier alpha value is -2.12. The van der Waals surface area contributed by atoms with Crippen molar-refractivity contribution in [3.63, 3.8) is 0 Å². The zero-order chi connectivity index (χ0) is 18.0. The highest BCUT2D eigenvalue weighted by molar-refractivity contribution is 9.10. The van der Waals surface area contributed by atoms with Crippen molar-refractivity contribution in [3.8, 4) is 0 Å². The fraction of sp³-hybridized carbons (Fsp3) is 0.368. The number of hydrogen-bond donors (Lipinski definition) is 3. The normalized spacial score (nSPS) is 16.1. The molecule has 0 radical (unpaired) electrons. The molecule has 136 valence electrons. The van der Waals surface area contributed by atoms with Gasteiger partial charge in [0, 0.05) is 30.7 Å². The standard InChI is InChI=1S/C19H22BrN5O/c20-16-12-23-25-17(16)8-15(24-19(13-26)5-1-2-6-19)9-18(25)22-11-14-4-3-7-21-10-14/h3-4,7-10,12,22,24,26H,1-2,5-6,11,13H2. The first kappa shape index (κ1) is 17.3. The Bertz CT molecular complexity index is 890. The summed E-state index contributed by atoms with van der Waals surface area (Å²) in [6, 6.07) is 8.10.